The van der Waals surface area contributed by atoms with Crippen LogP contribution >= 0.6 is 0 Å². The maximum atomic E-state index is 13.6. The molecule has 1 aromatic carbocycles. The number of dihydropyridines is 1. The lowest BCUT2D eigenvalue weighted by Gasteiger charge is -2.38. The van der Waals surface area contributed by atoms with E-state index in [0.717, 1.165) is 11.3 Å². The van der Waals surface area contributed by atoms with E-state index in [4.69, 9.17) is 18.9 Å². The number of allylic oxidation sites excluding steroid dienone is 3. The Labute approximate surface area is 187 Å². The topological polar surface area (TPSA) is 100 Å². The van der Waals surface area contributed by atoms with Crippen LogP contribution in [0.4, 0.5) is 0 Å². The summed E-state index contributed by atoms with van der Waals surface area (Å²) in [4.78, 5) is 39.1. The summed E-state index contributed by atoms with van der Waals surface area (Å²) in [7, 11) is 4.36. The number of hydrogen-bond acceptors (Lipinski definition) is 8. The summed E-state index contributed by atoms with van der Waals surface area (Å²) in [6.45, 7) is 3.98. The molecule has 1 aliphatic heterocycles. The number of carbonyl (C=O) groups excluding carboxylic acids is 3. The first-order valence-corrected chi connectivity index (χ1v) is 10.5. The molecule has 0 aromatic heterocycles. The van der Waals surface area contributed by atoms with Gasteiger partial charge in [-0.2, -0.15) is 0 Å². The highest BCUT2D eigenvalue weighted by atomic mass is 16.6. The maximum Gasteiger partial charge on any atom is 0.336 e. The molecular formula is C24H29NO7. The van der Waals surface area contributed by atoms with E-state index in [1.54, 1.807) is 26.2 Å². The van der Waals surface area contributed by atoms with Gasteiger partial charge >= 0.3 is 11.9 Å². The maximum absolute atomic E-state index is 13.6. The molecule has 0 bridgehead atoms. The van der Waals surface area contributed by atoms with Crippen LogP contribution in [0.5, 0.6) is 5.75 Å². The normalized spacial score (nSPS) is 22.8. The average Bonchev–Trinajstić information content (AvgIpc) is 2.78. The number of hydrogen-bond donors (Lipinski definition) is 1. The minimum absolute atomic E-state index is 0.0864. The fourth-order valence-electron chi connectivity index (χ4n) is 4.38. The lowest BCUT2D eigenvalue weighted by molar-refractivity contribution is -0.151. The molecule has 0 spiro atoms. The fourth-order valence-corrected chi connectivity index (χ4v) is 4.38. The summed E-state index contributed by atoms with van der Waals surface area (Å²) in [6.07, 6.45) is 0.483. The van der Waals surface area contributed by atoms with Crippen molar-refractivity contribution >= 4 is 17.7 Å². The Balaban J connectivity index is 2.11. The zero-order valence-corrected chi connectivity index (χ0v) is 19.0. The van der Waals surface area contributed by atoms with Crippen LogP contribution in [0.15, 0.2) is 46.8 Å². The van der Waals surface area contributed by atoms with E-state index >= 15 is 0 Å². The van der Waals surface area contributed by atoms with Gasteiger partial charge in [-0.3, -0.25) is 9.59 Å². The number of esters is 2. The van der Waals surface area contributed by atoms with Crippen LogP contribution in [0, 0.1) is 11.8 Å². The van der Waals surface area contributed by atoms with Gasteiger partial charge in [-0.05, 0) is 37.0 Å². The van der Waals surface area contributed by atoms with Crippen molar-refractivity contribution in [3.8, 4) is 5.75 Å². The van der Waals surface area contributed by atoms with Gasteiger partial charge in [0.15, 0.2) is 5.78 Å². The van der Waals surface area contributed by atoms with Crippen LogP contribution in [0.1, 0.15) is 31.7 Å². The van der Waals surface area contributed by atoms with Crippen molar-refractivity contribution in [2.45, 2.75) is 26.2 Å². The van der Waals surface area contributed by atoms with E-state index in [9.17, 15) is 14.4 Å². The van der Waals surface area contributed by atoms with Gasteiger partial charge in [-0.1, -0.05) is 19.1 Å². The molecule has 32 heavy (non-hydrogen) atoms. The number of carbonyl (C=O) groups is 3. The molecule has 0 saturated heterocycles. The number of ether oxygens (including phenoxy) is 4. The molecule has 1 aliphatic carbocycles. The van der Waals surface area contributed by atoms with Gasteiger partial charge in [0.2, 0.25) is 0 Å². The Kier molecular flexibility index (Phi) is 7.35. The third kappa shape index (κ3) is 4.41. The van der Waals surface area contributed by atoms with Crippen molar-refractivity contribution < 1.29 is 33.3 Å². The number of benzene rings is 1. The molecule has 1 N–H and O–H groups in total. The van der Waals surface area contributed by atoms with Crippen LogP contribution < -0.4 is 10.1 Å². The molecule has 1 aromatic rings. The summed E-state index contributed by atoms with van der Waals surface area (Å²) in [5, 5.41) is 3.23. The van der Waals surface area contributed by atoms with Crippen molar-refractivity contribution in [2.24, 2.45) is 11.8 Å². The lowest BCUT2D eigenvalue weighted by Crippen LogP contribution is -2.43. The number of methoxy groups -OCH3 is 3. The van der Waals surface area contributed by atoms with E-state index < -0.39 is 23.8 Å². The first-order chi connectivity index (χ1) is 15.3. The molecule has 0 saturated carbocycles. The van der Waals surface area contributed by atoms with E-state index in [1.165, 1.54) is 14.2 Å². The smallest absolute Gasteiger partial charge is 0.336 e. The molecule has 0 radical (unpaired) electrons. The van der Waals surface area contributed by atoms with Crippen LogP contribution in [-0.4, -0.2) is 52.3 Å². The molecule has 3 rings (SSSR count). The van der Waals surface area contributed by atoms with Crippen LogP contribution in [0.2, 0.25) is 0 Å². The predicted octanol–water partition coefficient (Wildman–Crippen LogP) is 2.50. The minimum Gasteiger partial charge on any atom is -0.497 e. The number of Topliss-reactive ketones (excluding diaryl/α,β-unsaturated/α-hetero) is 1. The Morgan fingerprint density at radius 1 is 1.09 bits per heavy atom. The second-order valence-electron chi connectivity index (χ2n) is 7.94. The Hall–Kier alpha value is -3.13. The zero-order valence-electron chi connectivity index (χ0n) is 19.0. The third-order valence-electron chi connectivity index (χ3n) is 5.93. The highest BCUT2D eigenvalue weighted by molar-refractivity contribution is 6.12. The molecule has 3 unspecified atom stereocenters. The van der Waals surface area contributed by atoms with Gasteiger partial charge in [-0.15, -0.1) is 0 Å². The molecule has 1 heterocycles. The molecular weight excluding hydrogens is 414 g/mol. The highest BCUT2D eigenvalue weighted by Gasteiger charge is 2.47. The van der Waals surface area contributed by atoms with E-state index in [-0.39, 0.29) is 24.9 Å². The number of nitrogens with one attached hydrogen (secondary N) is 1. The monoisotopic (exact) mass is 443 g/mol. The summed E-state index contributed by atoms with van der Waals surface area (Å²) >= 11 is 0. The largest absolute Gasteiger partial charge is 0.497 e. The first kappa shape index (κ1) is 23.5. The molecule has 8 nitrogen and oxygen atoms in total. The van der Waals surface area contributed by atoms with Crippen molar-refractivity contribution in [1.29, 1.82) is 0 Å². The van der Waals surface area contributed by atoms with Crippen molar-refractivity contribution in [2.75, 3.05) is 34.5 Å². The molecule has 3 atom stereocenters. The van der Waals surface area contributed by atoms with E-state index in [2.05, 4.69) is 5.32 Å². The average molecular weight is 443 g/mol. The van der Waals surface area contributed by atoms with Crippen molar-refractivity contribution in [3.63, 3.8) is 0 Å². The standard InChI is InChI=1S/C24H29NO7/c1-13-12-17-21(22(26)18(13)23(27)31-5)20(15-6-8-16(30-4)9-7-15)19(14(2)25-17)24(28)32-11-10-29-3/h6-9,13,18,20,25H,10-12H2,1-5H3. The van der Waals surface area contributed by atoms with Crippen LogP contribution in [0.25, 0.3) is 0 Å². The summed E-state index contributed by atoms with van der Waals surface area (Å²) < 4.78 is 20.5. The lowest BCUT2D eigenvalue weighted by atomic mass is 9.69. The Morgan fingerprint density at radius 2 is 1.78 bits per heavy atom. The molecule has 8 heteroatoms. The van der Waals surface area contributed by atoms with E-state index in [0.29, 0.717) is 29.0 Å². The summed E-state index contributed by atoms with van der Waals surface area (Å²) in [5.74, 6) is -2.64. The van der Waals surface area contributed by atoms with Gasteiger partial charge < -0.3 is 24.3 Å². The molecule has 2 aliphatic rings. The molecule has 0 amide bonds. The number of ketones is 1. The Bertz CT molecular complexity index is 961. The van der Waals surface area contributed by atoms with Crippen LogP contribution in [0.3, 0.4) is 0 Å². The second-order valence-corrected chi connectivity index (χ2v) is 7.94. The predicted molar refractivity (Wildman–Crippen MR) is 116 cm³/mol. The van der Waals surface area contributed by atoms with Crippen LogP contribution in [-0.2, 0) is 28.6 Å². The van der Waals surface area contributed by atoms with Crippen molar-refractivity contribution in [1.82, 2.24) is 5.32 Å². The van der Waals surface area contributed by atoms with Gasteiger partial charge in [-0.25, -0.2) is 4.79 Å². The SMILES string of the molecule is COCCOC(=O)C1=C(C)NC2=C(C(=O)C(C(=O)OC)C(C)C2)C1c1ccc(OC)cc1. The molecule has 172 valence electrons. The fraction of sp³-hybridized carbons (Fsp3) is 0.458. The minimum atomic E-state index is -0.925. The van der Waals surface area contributed by atoms with Gasteiger partial charge in [0, 0.05) is 30.0 Å². The summed E-state index contributed by atoms with van der Waals surface area (Å²) in [6, 6.07) is 7.17. The van der Waals surface area contributed by atoms with Gasteiger partial charge in [0.25, 0.3) is 0 Å². The summed E-state index contributed by atoms with van der Waals surface area (Å²) in [5.41, 5.74) is 2.78. The second kappa shape index (κ2) is 9.99. The highest BCUT2D eigenvalue weighted by Crippen LogP contribution is 2.45. The van der Waals surface area contributed by atoms with Gasteiger partial charge in [0.1, 0.15) is 18.3 Å². The van der Waals surface area contributed by atoms with Crippen molar-refractivity contribution in [3.05, 3.63) is 52.4 Å². The third-order valence-corrected chi connectivity index (χ3v) is 5.93. The van der Waals surface area contributed by atoms with Gasteiger partial charge in [0.05, 0.1) is 26.4 Å². The molecule has 0 fully saturated rings. The zero-order chi connectivity index (χ0) is 23.4. The van der Waals surface area contributed by atoms with E-state index in [1.807, 2.05) is 19.1 Å². The Morgan fingerprint density at radius 3 is 2.38 bits per heavy atom. The quantitative estimate of drug-likeness (QED) is 0.390. The first-order valence-electron chi connectivity index (χ1n) is 10.5. The number of rotatable bonds is 7.